The summed E-state index contributed by atoms with van der Waals surface area (Å²) in [5.41, 5.74) is 0.510. The lowest BCUT2D eigenvalue weighted by atomic mass is 9.90. The minimum atomic E-state index is -4.76. The number of amides is 2. The fourth-order valence-electron chi connectivity index (χ4n) is 4.24. The van der Waals surface area contributed by atoms with Gasteiger partial charge in [-0.25, -0.2) is 14.8 Å². The summed E-state index contributed by atoms with van der Waals surface area (Å²) in [5.74, 6) is -2.80. The second-order valence-corrected chi connectivity index (χ2v) is 8.49. The van der Waals surface area contributed by atoms with Gasteiger partial charge in [0, 0.05) is 19.3 Å². The molecule has 3 rings (SSSR count). The second-order valence-electron chi connectivity index (χ2n) is 8.49. The average molecular weight is 465 g/mol. The molecule has 0 saturated carbocycles. The van der Waals surface area contributed by atoms with Crippen molar-refractivity contribution < 1.29 is 27.9 Å². The third kappa shape index (κ3) is 6.56. The number of anilines is 3. The summed E-state index contributed by atoms with van der Waals surface area (Å²) in [6.45, 7) is 5.56. The molecule has 0 bridgehead atoms. The van der Waals surface area contributed by atoms with E-state index in [4.69, 9.17) is 5.11 Å². The zero-order chi connectivity index (χ0) is 24.2. The molecule has 2 heterocycles. The lowest BCUT2D eigenvalue weighted by molar-refractivity contribution is -0.163. The minimum absolute atomic E-state index is 0.167. The van der Waals surface area contributed by atoms with E-state index in [1.54, 1.807) is 0 Å². The normalized spacial score (nSPS) is 19.6. The van der Waals surface area contributed by atoms with Crippen LogP contribution in [0.3, 0.4) is 0 Å². The largest absolute Gasteiger partial charge is 0.481 e. The van der Waals surface area contributed by atoms with Gasteiger partial charge >= 0.3 is 18.2 Å². The van der Waals surface area contributed by atoms with E-state index in [2.05, 4.69) is 34.4 Å². The highest BCUT2D eigenvalue weighted by Gasteiger charge is 2.42. The number of carbonyl (C=O) groups is 2. The van der Waals surface area contributed by atoms with Crippen LogP contribution in [0.1, 0.15) is 38.2 Å². The molecule has 178 valence electrons. The van der Waals surface area contributed by atoms with Crippen molar-refractivity contribution in [3.63, 3.8) is 0 Å². The van der Waals surface area contributed by atoms with Crippen molar-refractivity contribution in [1.82, 2.24) is 9.97 Å². The Morgan fingerprint density at radius 3 is 2.45 bits per heavy atom. The lowest BCUT2D eigenvalue weighted by Gasteiger charge is -2.37. The third-order valence-corrected chi connectivity index (χ3v) is 5.48. The minimum Gasteiger partial charge on any atom is -0.481 e. The molecular formula is C22H26F3N5O3. The summed E-state index contributed by atoms with van der Waals surface area (Å²) in [4.78, 5) is 33.4. The number of carbonyl (C=O) groups excluding carboxylic acids is 1. The summed E-state index contributed by atoms with van der Waals surface area (Å²) < 4.78 is 40.9. The van der Waals surface area contributed by atoms with E-state index in [-0.39, 0.29) is 17.1 Å². The highest BCUT2D eigenvalue weighted by atomic mass is 19.4. The predicted octanol–water partition coefficient (Wildman–Crippen LogP) is 4.72. The van der Waals surface area contributed by atoms with Crippen molar-refractivity contribution in [2.24, 2.45) is 11.8 Å². The number of alkyl halides is 3. The van der Waals surface area contributed by atoms with Crippen LogP contribution < -0.4 is 15.5 Å². The molecular weight excluding hydrogens is 439 g/mol. The molecule has 1 fully saturated rings. The van der Waals surface area contributed by atoms with Gasteiger partial charge in [0.05, 0.1) is 23.7 Å². The standard InChI is InChI=1S/C22H26F3N5O3/c1-13-7-14(2)11-30(10-13)18-4-3-15(16(9-20(31)32)22(23,24)25)8-17(18)28-21(33)29-19-5-6-26-12-27-19/h3-6,8,12-14,16H,7,9-11H2,1-2H3,(H,31,32)(H2,26,27,28,29,33). The molecule has 0 spiro atoms. The van der Waals surface area contributed by atoms with Crippen molar-refractivity contribution in [2.45, 2.75) is 38.8 Å². The molecule has 2 amide bonds. The Bertz CT molecular complexity index is 977. The molecule has 1 saturated heterocycles. The van der Waals surface area contributed by atoms with Gasteiger partial charge in [0.25, 0.3) is 0 Å². The van der Waals surface area contributed by atoms with Crippen molar-refractivity contribution in [1.29, 1.82) is 0 Å². The van der Waals surface area contributed by atoms with Gasteiger partial charge in [-0.15, -0.1) is 0 Å². The Balaban J connectivity index is 1.96. The smallest absolute Gasteiger partial charge is 0.396 e. The quantitative estimate of drug-likeness (QED) is 0.570. The molecule has 3 unspecified atom stereocenters. The Morgan fingerprint density at radius 1 is 1.18 bits per heavy atom. The molecule has 0 radical (unpaired) electrons. The number of carboxylic acid groups (broad SMARTS) is 1. The van der Waals surface area contributed by atoms with Gasteiger partial charge in [-0.3, -0.25) is 10.1 Å². The highest BCUT2D eigenvalue weighted by Crippen LogP contribution is 2.41. The maximum atomic E-state index is 13.6. The molecule has 3 N–H and O–H groups in total. The Morgan fingerprint density at radius 2 is 1.88 bits per heavy atom. The number of piperidine rings is 1. The molecule has 1 aliphatic heterocycles. The third-order valence-electron chi connectivity index (χ3n) is 5.48. The highest BCUT2D eigenvalue weighted by molar-refractivity contribution is 6.01. The predicted molar refractivity (Wildman–Crippen MR) is 117 cm³/mol. The average Bonchev–Trinajstić information content (AvgIpc) is 2.71. The summed E-state index contributed by atoms with van der Waals surface area (Å²) >= 11 is 0. The number of benzene rings is 1. The Labute approximate surface area is 189 Å². The number of hydrogen-bond donors (Lipinski definition) is 3. The Hall–Kier alpha value is -3.37. The van der Waals surface area contributed by atoms with Crippen LogP contribution in [0.2, 0.25) is 0 Å². The molecule has 33 heavy (non-hydrogen) atoms. The number of rotatable bonds is 6. The van der Waals surface area contributed by atoms with Crippen LogP contribution in [0.25, 0.3) is 0 Å². The van der Waals surface area contributed by atoms with Gasteiger partial charge in [0.2, 0.25) is 0 Å². The van der Waals surface area contributed by atoms with Crippen LogP contribution in [0.15, 0.2) is 36.8 Å². The van der Waals surface area contributed by atoms with Crippen LogP contribution in [0.4, 0.5) is 35.2 Å². The molecule has 1 aliphatic rings. The van der Waals surface area contributed by atoms with Crippen molar-refractivity contribution in [3.05, 3.63) is 42.4 Å². The molecule has 2 aromatic rings. The number of aliphatic carboxylic acids is 1. The summed E-state index contributed by atoms with van der Waals surface area (Å²) in [6.07, 6.45) is -2.15. The zero-order valence-corrected chi connectivity index (χ0v) is 18.3. The van der Waals surface area contributed by atoms with E-state index < -0.39 is 30.5 Å². The van der Waals surface area contributed by atoms with Gasteiger partial charge in [-0.2, -0.15) is 13.2 Å². The first-order valence-electron chi connectivity index (χ1n) is 10.5. The monoisotopic (exact) mass is 465 g/mol. The molecule has 8 nitrogen and oxygen atoms in total. The molecule has 1 aromatic carbocycles. The van der Waals surface area contributed by atoms with E-state index in [1.807, 2.05) is 4.90 Å². The van der Waals surface area contributed by atoms with Crippen LogP contribution in [0.5, 0.6) is 0 Å². The maximum absolute atomic E-state index is 13.6. The molecule has 0 aliphatic carbocycles. The number of nitrogens with zero attached hydrogens (tertiary/aromatic N) is 3. The number of hydrogen-bond acceptors (Lipinski definition) is 5. The van der Waals surface area contributed by atoms with Crippen LogP contribution in [0, 0.1) is 11.8 Å². The van der Waals surface area contributed by atoms with E-state index >= 15 is 0 Å². The van der Waals surface area contributed by atoms with Crippen molar-refractivity contribution >= 4 is 29.2 Å². The van der Waals surface area contributed by atoms with Crippen molar-refractivity contribution in [3.8, 4) is 0 Å². The van der Waals surface area contributed by atoms with E-state index in [0.717, 1.165) is 6.42 Å². The number of aromatic nitrogens is 2. The number of halogens is 3. The lowest BCUT2D eigenvalue weighted by Crippen LogP contribution is -2.39. The van der Waals surface area contributed by atoms with Gasteiger partial charge in [-0.1, -0.05) is 19.9 Å². The SMILES string of the molecule is CC1CC(C)CN(c2ccc(C(CC(=O)O)C(F)(F)F)cc2NC(=O)Nc2ccncn2)C1. The van der Waals surface area contributed by atoms with E-state index in [1.165, 1.54) is 36.8 Å². The van der Waals surface area contributed by atoms with E-state index in [0.29, 0.717) is 30.6 Å². The Kier molecular flexibility index (Phi) is 7.39. The topological polar surface area (TPSA) is 107 Å². The van der Waals surface area contributed by atoms with Gasteiger partial charge in [0.15, 0.2) is 0 Å². The summed E-state index contributed by atoms with van der Waals surface area (Å²) in [6, 6.07) is 4.79. The molecule has 3 atom stereocenters. The van der Waals surface area contributed by atoms with E-state index in [9.17, 15) is 22.8 Å². The summed E-state index contributed by atoms with van der Waals surface area (Å²) in [7, 11) is 0. The van der Waals surface area contributed by atoms with Crippen LogP contribution in [-0.2, 0) is 4.79 Å². The number of carboxylic acids is 1. The second kappa shape index (κ2) is 10.1. The molecule has 11 heteroatoms. The fourth-order valence-corrected chi connectivity index (χ4v) is 4.24. The summed E-state index contributed by atoms with van der Waals surface area (Å²) in [5, 5.41) is 14.1. The van der Waals surface area contributed by atoms with Crippen LogP contribution >= 0.6 is 0 Å². The zero-order valence-electron chi connectivity index (χ0n) is 18.3. The van der Waals surface area contributed by atoms with Gasteiger partial charge in [-0.05, 0) is 42.0 Å². The van der Waals surface area contributed by atoms with Crippen molar-refractivity contribution in [2.75, 3.05) is 28.6 Å². The first-order chi connectivity index (χ1) is 15.5. The number of nitrogens with one attached hydrogen (secondary N) is 2. The molecule has 1 aromatic heterocycles. The number of urea groups is 1. The first kappa shape index (κ1) is 24.3. The van der Waals surface area contributed by atoms with Gasteiger partial charge in [0.1, 0.15) is 12.1 Å². The maximum Gasteiger partial charge on any atom is 0.396 e. The first-order valence-corrected chi connectivity index (χ1v) is 10.5. The van der Waals surface area contributed by atoms with Gasteiger partial charge < -0.3 is 15.3 Å². The fraction of sp³-hybridized carbons (Fsp3) is 0.455. The van der Waals surface area contributed by atoms with Crippen LogP contribution in [-0.4, -0.2) is 46.3 Å².